The summed E-state index contributed by atoms with van der Waals surface area (Å²) in [4.78, 5) is 4.19. The molecule has 0 saturated carbocycles. The molecule has 3 rings (SSSR count). The van der Waals surface area contributed by atoms with Gasteiger partial charge in [0.1, 0.15) is 5.82 Å². The van der Waals surface area contributed by atoms with Crippen molar-refractivity contribution in [3.8, 4) is 0 Å². The van der Waals surface area contributed by atoms with E-state index in [2.05, 4.69) is 22.5 Å². The molecule has 2 nitrogen and oxygen atoms in total. The molecule has 0 aliphatic rings. The van der Waals surface area contributed by atoms with Gasteiger partial charge in [-0.25, -0.2) is 4.39 Å². The van der Waals surface area contributed by atoms with Gasteiger partial charge in [-0.15, -0.1) is 11.3 Å². The zero-order chi connectivity index (χ0) is 14.9. The highest BCUT2D eigenvalue weighted by atomic mass is 32.1. The number of halogens is 1. The third-order valence-corrected chi connectivity index (χ3v) is 4.95. The second-order valence-electron chi connectivity index (χ2n) is 5.31. The van der Waals surface area contributed by atoms with Crippen LogP contribution in [0.3, 0.4) is 0 Å². The van der Waals surface area contributed by atoms with Gasteiger partial charge in [-0.2, -0.15) is 0 Å². The summed E-state index contributed by atoms with van der Waals surface area (Å²) >= 11 is 1.73. The van der Waals surface area contributed by atoms with E-state index in [1.165, 1.54) is 27.9 Å². The number of nitrogens with zero attached hydrogens (tertiary/aromatic N) is 1. The van der Waals surface area contributed by atoms with Gasteiger partial charge in [-0.1, -0.05) is 25.1 Å². The second-order valence-corrected chi connectivity index (χ2v) is 6.22. The molecule has 0 radical (unpaired) electrons. The van der Waals surface area contributed by atoms with Crippen LogP contribution in [0.5, 0.6) is 0 Å². The van der Waals surface area contributed by atoms with Crippen molar-refractivity contribution in [1.29, 1.82) is 0 Å². The van der Waals surface area contributed by atoms with E-state index >= 15 is 0 Å². The van der Waals surface area contributed by atoms with Crippen molar-refractivity contribution < 1.29 is 4.39 Å². The molecule has 2 heterocycles. The van der Waals surface area contributed by atoms with Crippen molar-refractivity contribution in [3.05, 3.63) is 65.0 Å². The van der Waals surface area contributed by atoms with Crippen molar-refractivity contribution in [2.45, 2.75) is 25.3 Å². The number of rotatable bonds is 4. The highest BCUT2D eigenvalue weighted by Crippen LogP contribution is 2.32. The lowest BCUT2D eigenvalue weighted by atomic mass is 9.85. The van der Waals surface area contributed by atoms with Crippen LogP contribution in [0.25, 0.3) is 10.1 Å². The van der Waals surface area contributed by atoms with Gasteiger partial charge in [-0.3, -0.25) is 4.98 Å². The Bertz CT molecular complexity index is 751. The molecule has 1 aromatic carbocycles. The van der Waals surface area contributed by atoms with Crippen LogP contribution in [0, 0.1) is 5.82 Å². The highest BCUT2D eigenvalue weighted by Gasteiger charge is 2.28. The summed E-state index contributed by atoms with van der Waals surface area (Å²) in [5.41, 5.74) is 7.96. The van der Waals surface area contributed by atoms with Crippen molar-refractivity contribution in [2.75, 3.05) is 0 Å². The second kappa shape index (κ2) is 5.54. The minimum atomic E-state index is -0.572. The molecule has 3 aromatic rings. The van der Waals surface area contributed by atoms with E-state index in [0.29, 0.717) is 6.42 Å². The molecule has 0 saturated heterocycles. The third-order valence-electron chi connectivity index (χ3n) is 3.94. The first-order valence-corrected chi connectivity index (χ1v) is 7.86. The molecule has 0 aliphatic carbocycles. The molecule has 2 N–H and O–H groups in total. The first-order chi connectivity index (χ1) is 10.1. The average Bonchev–Trinajstić information content (AvgIpc) is 2.91. The Morgan fingerprint density at radius 1 is 1.24 bits per heavy atom. The quantitative estimate of drug-likeness (QED) is 0.782. The monoisotopic (exact) mass is 300 g/mol. The molecule has 2 aromatic heterocycles. The van der Waals surface area contributed by atoms with Crippen LogP contribution in [0.15, 0.2) is 48.0 Å². The Morgan fingerprint density at radius 3 is 2.76 bits per heavy atom. The van der Waals surface area contributed by atoms with Crippen LogP contribution < -0.4 is 5.73 Å². The van der Waals surface area contributed by atoms with Gasteiger partial charge in [0.2, 0.25) is 0 Å². The van der Waals surface area contributed by atoms with Crippen molar-refractivity contribution in [2.24, 2.45) is 5.73 Å². The van der Waals surface area contributed by atoms with E-state index in [-0.39, 0.29) is 5.82 Å². The summed E-state index contributed by atoms with van der Waals surface area (Å²) in [5.74, 6) is -0.335. The molecule has 1 unspecified atom stereocenters. The predicted molar refractivity (Wildman–Crippen MR) is 85.9 cm³/mol. The summed E-state index contributed by atoms with van der Waals surface area (Å²) in [7, 11) is 0. The summed E-state index contributed by atoms with van der Waals surface area (Å²) in [6.07, 6.45) is 2.68. The van der Waals surface area contributed by atoms with Crippen molar-refractivity contribution >= 4 is 21.4 Å². The van der Waals surface area contributed by atoms with E-state index in [0.717, 1.165) is 12.1 Å². The molecule has 0 spiro atoms. The number of thiophene rings is 1. The molecule has 21 heavy (non-hydrogen) atoms. The van der Waals surface area contributed by atoms with Gasteiger partial charge in [0, 0.05) is 4.70 Å². The van der Waals surface area contributed by atoms with Crippen LogP contribution in [0.1, 0.15) is 24.6 Å². The lowest BCUT2D eigenvalue weighted by Gasteiger charge is -2.27. The molecule has 0 fully saturated rings. The molecule has 0 amide bonds. The first-order valence-electron chi connectivity index (χ1n) is 6.98. The average molecular weight is 300 g/mol. The Kier molecular flexibility index (Phi) is 3.74. The summed E-state index contributed by atoms with van der Waals surface area (Å²) in [6, 6.07) is 11.4. The zero-order valence-corrected chi connectivity index (χ0v) is 12.7. The Hall–Kier alpha value is -1.78. The Morgan fingerprint density at radius 2 is 2.05 bits per heavy atom. The Labute approximate surface area is 127 Å². The summed E-state index contributed by atoms with van der Waals surface area (Å²) in [6.45, 7) is 2.04. The topological polar surface area (TPSA) is 38.9 Å². The Balaban J connectivity index is 1.98. The number of pyridine rings is 1. The molecule has 0 bridgehead atoms. The smallest absolute Gasteiger partial charge is 0.141 e. The largest absolute Gasteiger partial charge is 0.320 e. The van der Waals surface area contributed by atoms with E-state index < -0.39 is 5.54 Å². The number of fused-ring (bicyclic) bond motifs is 1. The predicted octanol–water partition coefficient (Wildman–Crippen LogP) is 4.24. The van der Waals surface area contributed by atoms with E-state index in [1.54, 1.807) is 17.4 Å². The maximum Gasteiger partial charge on any atom is 0.141 e. The third kappa shape index (κ3) is 2.69. The van der Waals surface area contributed by atoms with Gasteiger partial charge in [-0.05, 0) is 47.4 Å². The lowest BCUT2D eigenvalue weighted by molar-refractivity contribution is 0.412. The molecular weight excluding hydrogens is 283 g/mol. The van der Waals surface area contributed by atoms with Gasteiger partial charge in [0.05, 0.1) is 17.4 Å². The van der Waals surface area contributed by atoms with Gasteiger partial charge >= 0.3 is 0 Å². The van der Waals surface area contributed by atoms with Crippen LogP contribution in [-0.2, 0) is 12.0 Å². The number of hydrogen-bond acceptors (Lipinski definition) is 3. The molecule has 0 aliphatic heterocycles. The highest BCUT2D eigenvalue weighted by molar-refractivity contribution is 7.17. The first kappa shape index (κ1) is 14.2. The number of hydrogen-bond donors (Lipinski definition) is 1. The number of aromatic nitrogens is 1. The van der Waals surface area contributed by atoms with Gasteiger partial charge < -0.3 is 5.73 Å². The van der Waals surface area contributed by atoms with Crippen molar-refractivity contribution in [1.82, 2.24) is 4.98 Å². The normalized spacial score (nSPS) is 14.2. The minimum absolute atomic E-state index is 0.335. The zero-order valence-electron chi connectivity index (χ0n) is 11.8. The fourth-order valence-electron chi connectivity index (χ4n) is 2.58. The molecule has 4 heteroatoms. The SMILES string of the molecule is CCC(N)(Cc1csc2ccccc12)c1ccc(F)cn1. The van der Waals surface area contributed by atoms with E-state index in [9.17, 15) is 4.39 Å². The van der Waals surface area contributed by atoms with Gasteiger partial charge in [0.15, 0.2) is 0 Å². The van der Waals surface area contributed by atoms with Crippen molar-refractivity contribution in [3.63, 3.8) is 0 Å². The number of nitrogens with two attached hydrogens (primary N) is 1. The van der Waals surface area contributed by atoms with Crippen LogP contribution in [0.2, 0.25) is 0 Å². The molecule has 108 valence electrons. The minimum Gasteiger partial charge on any atom is -0.320 e. The van der Waals surface area contributed by atoms with E-state index in [1.807, 2.05) is 19.1 Å². The standard InChI is InChI=1S/C17H17FN2S/c1-2-17(19,16-8-7-13(18)10-20-16)9-12-11-21-15-6-4-3-5-14(12)15/h3-8,10-11H,2,9,19H2,1H3. The fourth-order valence-corrected chi connectivity index (χ4v) is 3.54. The number of benzene rings is 1. The van der Waals surface area contributed by atoms with Crippen LogP contribution in [-0.4, -0.2) is 4.98 Å². The fraction of sp³-hybridized carbons (Fsp3) is 0.235. The molecular formula is C17H17FN2S. The van der Waals surface area contributed by atoms with Crippen LogP contribution in [0.4, 0.5) is 4.39 Å². The summed E-state index contributed by atoms with van der Waals surface area (Å²) < 4.78 is 14.3. The molecule has 1 atom stereocenters. The maximum atomic E-state index is 13.1. The summed E-state index contributed by atoms with van der Waals surface area (Å²) in [5, 5.41) is 3.40. The lowest BCUT2D eigenvalue weighted by Crippen LogP contribution is -2.39. The van der Waals surface area contributed by atoms with Gasteiger partial charge in [0.25, 0.3) is 0 Å². The van der Waals surface area contributed by atoms with Crippen LogP contribution >= 0.6 is 11.3 Å². The maximum absolute atomic E-state index is 13.1. The van der Waals surface area contributed by atoms with E-state index in [4.69, 9.17) is 5.73 Å².